The van der Waals surface area contributed by atoms with Crippen molar-refractivity contribution in [3.63, 3.8) is 0 Å². The van der Waals surface area contributed by atoms with E-state index in [2.05, 4.69) is 0 Å². The van der Waals surface area contributed by atoms with Crippen molar-refractivity contribution in [1.82, 2.24) is 4.57 Å². The number of alkyl halides is 3. The number of hydrogen-bond donors (Lipinski definition) is 0. The van der Waals surface area contributed by atoms with Gasteiger partial charge in [-0.15, -0.1) is 11.3 Å². The molecule has 4 rings (SSSR count). The third kappa shape index (κ3) is 6.58. The van der Waals surface area contributed by atoms with Gasteiger partial charge in [0.15, 0.2) is 6.61 Å². The Balaban J connectivity index is 1.77. The van der Waals surface area contributed by atoms with Crippen LogP contribution in [-0.4, -0.2) is 23.8 Å². The number of halogens is 6. The van der Waals surface area contributed by atoms with E-state index in [0.717, 1.165) is 28.0 Å². The zero-order valence-corrected chi connectivity index (χ0v) is 22.6. The van der Waals surface area contributed by atoms with Crippen LogP contribution >= 0.6 is 22.9 Å². The summed E-state index contributed by atoms with van der Waals surface area (Å²) < 4.78 is 80.4. The normalized spacial score (nSPS) is 11.3. The Labute approximate surface area is 238 Å². The molecule has 2 aromatic carbocycles. The molecule has 0 amide bonds. The minimum absolute atomic E-state index is 0.156. The van der Waals surface area contributed by atoms with Crippen LogP contribution in [0.5, 0.6) is 5.75 Å². The number of thiophene rings is 1. The molecular weight excluding hydrogens is 591 g/mol. The maximum atomic E-state index is 14.4. The molecule has 6 nitrogen and oxygen atoms in total. The standard InChI is InChI=1S/C28H18ClF5N2O4S/c1-2-39-26(37)14-40-23-6-4-15(9-20(23)29)24-7-8-25(41-24)22-11-19(28(32,33)34)18(12-35)27(38)36(22)13-16-3-5-17(30)10-21(16)31/h3-11H,2,13-14H2,1H3. The van der Waals surface area contributed by atoms with E-state index in [9.17, 15) is 36.8 Å². The molecule has 0 aliphatic heterocycles. The fraction of sp³-hybridized carbons (Fsp3) is 0.179. The average molecular weight is 609 g/mol. The van der Waals surface area contributed by atoms with Crippen molar-refractivity contribution in [2.24, 2.45) is 0 Å². The predicted octanol–water partition coefficient (Wildman–Crippen LogP) is 7.06. The summed E-state index contributed by atoms with van der Waals surface area (Å²) in [5.74, 6) is -2.25. The first-order chi connectivity index (χ1) is 19.4. The van der Waals surface area contributed by atoms with Gasteiger partial charge in [0, 0.05) is 16.5 Å². The Morgan fingerprint density at radius 2 is 1.80 bits per heavy atom. The van der Waals surface area contributed by atoms with Crippen LogP contribution in [-0.2, 0) is 22.3 Å². The summed E-state index contributed by atoms with van der Waals surface area (Å²) in [7, 11) is 0. The number of ether oxygens (including phenoxy) is 2. The van der Waals surface area contributed by atoms with Crippen molar-refractivity contribution in [2.45, 2.75) is 19.6 Å². The SMILES string of the molecule is CCOC(=O)COc1ccc(-c2ccc(-c3cc(C(F)(F)F)c(C#N)c(=O)n3Cc3ccc(F)cc3F)s2)cc1Cl. The molecule has 0 spiro atoms. The van der Waals surface area contributed by atoms with Gasteiger partial charge in [0.2, 0.25) is 0 Å². The second kappa shape index (κ2) is 12.1. The lowest BCUT2D eigenvalue weighted by Crippen LogP contribution is -2.28. The summed E-state index contributed by atoms with van der Waals surface area (Å²) >= 11 is 7.31. The molecule has 0 fully saturated rings. The van der Waals surface area contributed by atoms with Gasteiger partial charge in [0.05, 0.1) is 34.3 Å². The highest BCUT2D eigenvalue weighted by Crippen LogP contribution is 2.39. The monoisotopic (exact) mass is 608 g/mol. The third-order valence-electron chi connectivity index (χ3n) is 5.79. The molecule has 0 aliphatic rings. The molecule has 0 saturated heterocycles. The van der Waals surface area contributed by atoms with Gasteiger partial charge < -0.3 is 14.0 Å². The number of esters is 1. The molecule has 13 heteroatoms. The number of carbonyl (C=O) groups excluding carboxylic acids is 1. The number of carbonyl (C=O) groups is 1. The summed E-state index contributed by atoms with van der Waals surface area (Å²) in [6, 6.07) is 12.3. The zero-order valence-electron chi connectivity index (χ0n) is 21.0. The van der Waals surface area contributed by atoms with Crippen LogP contribution in [0.2, 0.25) is 5.02 Å². The van der Waals surface area contributed by atoms with Crippen LogP contribution in [0.4, 0.5) is 22.0 Å². The van der Waals surface area contributed by atoms with Gasteiger partial charge in [-0.2, -0.15) is 18.4 Å². The van der Waals surface area contributed by atoms with Gasteiger partial charge in [-0.05, 0) is 55.0 Å². The Morgan fingerprint density at radius 3 is 2.44 bits per heavy atom. The zero-order chi connectivity index (χ0) is 29.9. The molecule has 0 atom stereocenters. The summed E-state index contributed by atoms with van der Waals surface area (Å²) in [6.45, 7) is 0.921. The smallest absolute Gasteiger partial charge is 0.417 e. The van der Waals surface area contributed by atoms with Gasteiger partial charge in [0.1, 0.15) is 29.0 Å². The molecule has 0 N–H and O–H groups in total. The van der Waals surface area contributed by atoms with E-state index in [1.54, 1.807) is 19.1 Å². The van der Waals surface area contributed by atoms with Crippen molar-refractivity contribution in [3.8, 4) is 32.8 Å². The molecular formula is C28H18ClF5N2O4S. The van der Waals surface area contributed by atoms with Gasteiger partial charge in [-0.1, -0.05) is 17.7 Å². The first kappa shape index (κ1) is 29.8. The second-order valence-corrected chi connectivity index (χ2v) is 9.95. The number of pyridine rings is 1. The molecule has 0 aliphatic carbocycles. The molecule has 212 valence electrons. The lowest BCUT2D eigenvalue weighted by molar-refractivity contribution is -0.145. The van der Waals surface area contributed by atoms with Crippen molar-refractivity contribution in [2.75, 3.05) is 13.2 Å². The van der Waals surface area contributed by atoms with E-state index in [4.69, 9.17) is 21.1 Å². The van der Waals surface area contributed by atoms with E-state index in [1.807, 2.05) is 0 Å². The van der Waals surface area contributed by atoms with Gasteiger partial charge in [-0.25, -0.2) is 13.6 Å². The fourth-order valence-electron chi connectivity index (χ4n) is 3.90. The molecule has 4 aromatic rings. The summed E-state index contributed by atoms with van der Waals surface area (Å²) in [5.41, 5.74) is -3.69. The molecule has 0 radical (unpaired) electrons. The second-order valence-electron chi connectivity index (χ2n) is 8.46. The summed E-state index contributed by atoms with van der Waals surface area (Å²) in [4.78, 5) is 25.4. The van der Waals surface area contributed by atoms with Gasteiger partial charge in [-0.3, -0.25) is 4.79 Å². The Hall–Kier alpha value is -4.21. The van der Waals surface area contributed by atoms with Crippen molar-refractivity contribution >= 4 is 28.9 Å². The van der Waals surface area contributed by atoms with Crippen LogP contribution in [0.15, 0.2) is 59.4 Å². The van der Waals surface area contributed by atoms with Crippen LogP contribution < -0.4 is 10.3 Å². The van der Waals surface area contributed by atoms with Crippen LogP contribution in [0.25, 0.3) is 21.0 Å². The van der Waals surface area contributed by atoms with E-state index in [1.165, 1.54) is 24.3 Å². The highest BCUT2D eigenvalue weighted by atomic mass is 35.5. The first-order valence-electron chi connectivity index (χ1n) is 11.8. The topological polar surface area (TPSA) is 81.3 Å². The highest BCUT2D eigenvalue weighted by Gasteiger charge is 2.37. The number of rotatable bonds is 8. The van der Waals surface area contributed by atoms with E-state index in [-0.39, 0.29) is 40.1 Å². The van der Waals surface area contributed by atoms with Crippen LogP contribution in [0, 0.1) is 23.0 Å². The van der Waals surface area contributed by atoms with E-state index < -0.39 is 47.0 Å². The number of benzene rings is 2. The lowest BCUT2D eigenvalue weighted by Gasteiger charge is -2.17. The Bertz CT molecular complexity index is 1730. The predicted molar refractivity (Wildman–Crippen MR) is 142 cm³/mol. The van der Waals surface area contributed by atoms with Crippen molar-refractivity contribution in [1.29, 1.82) is 5.26 Å². The number of nitrogens with zero attached hydrogens (tertiary/aromatic N) is 2. The number of aromatic nitrogens is 1. The van der Waals surface area contributed by atoms with E-state index in [0.29, 0.717) is 22.6 Å². The maximum absolute atomic E-state index is 14.4. The third-order valence-corrected chi connectivity index (χ3v) is 7.24. The van der Waals surface area contributed by atoms with Crippen molar-refractivity contribution in [3.05, 3.63) is 98.3 Å². The lowest BCUT2D eigenvalue weighted by atomic mass is 10.1. The fourth-order valence-corrected chi connectivity index (χ4v) is 5.16. The summed E-state index contributed by atoms with van der Waals surface area (Å²) in [6.07, 6.45) is -5.02. The van der Waals surface area contributed by atoms with Crippen LogP contribution in [0.1, 0.15) is 23.6 Å². The van der Waals surface area contributed by atoms with E-state index >= 15 is 0 Å². The molecule has 0 saturated carbocycles. The number of hydrogen-bond acceptors (Lipinski definition) is 6. The molecule has 0 bridgehead atoms. The molecule has 41 heavy (non-hydrogen) atoms. The molecule has 2 heterocycles. The largest absolute Gasteiger partial charge is 0.480 e. The van der Waals surface area contributed by atoms with Gasteiger partial charge >= 0.3 is 12.1 Å². The Kier molecular flexibility index (Phi) is 8.80. The quantitative estimate of drug-likeness (QED) is 0.158. The van der Waals surface area contributed by atoms with Gasteiger partial charge in [0.25, 0.3) is 5.56 Å². The Morgan fingerprint density at radius 1 is 1.07 bits per heavy atom. The maximum Gasteiger partial charge on any atom is 0.417 e. The molecule has 2 aromatic heterocycles. The van der Waals surface area contributed by atoms with Crippen molar-refractivity contribution < 1.29 is 36.2 Å². The average Bonchev–Trinajstić information content (AvgIpc) is 3.40. The first-order valence-corrected chi connectivity index (χ1v) is 13.0. The minimum Gasteiger partial charge on any atom is -0.480 e. The minimum atomic E-state index is -5.02. The molecule has 0 unspecified atom stereocenters. The number of nitriles is 1. The highest BCUT2D eigenvalue weighted by molar-refractivity contribution is 7.18. The van der Waals surface area contributed by atoms with Crippen LogP contribution in [0.3, 0.4) is 0 Å². The summed E-state index contributed by atoms with van der Waals surface area (Å²) in [5, 5.41) is 9.52.